The molecule has 3 nitrogen and oxygen atoms in total. The highest BCUT2D eigenvalue weighted by molar-refractivity contribution is 6.16. The molecule has 0 fully saturated rings. The van der Waals surface area contributed by atoms with E-state index in [1.165, 1.54) is 49.5 Å². The largest absolute Gasteiger partial charge is 0.455 e. The Balaban J connectivity index is 1.71. The number of pyridine rings is 1. The molecule has 166 valence electrons. The van der Waals surface area contributed by atoms with Crippen molar-refractivity contribution in [2.45, 2.75) is 39.7 Å². The third-order valence-corrected chi connectivity index (χ3v) is 7.33. The topological polar surface area (TPSA) is 17.5 Å². The molecule has 2 heterocycles. The Kier molecular flexibility index (Phi) is 4.29. The normalized spacial score (nSPS) is 12.6. The molecule has 6 rings (SSSR count). The van der Waals surface area contributed by atoms with Crippen LogP contribution in [0.1, 0.15) is 30.5 Å². The molecule has 4 aromatic carbocycles. The summed E-state index contributed by atoms with van der Waals surface area (Å²) < 4.78 is 8.94. The quantitative estimate of drug-likeness (QED) is 0.153. The van der Waals surface area contributed by atoms with Crippen LogP contribution in [0.4, 0.5) is 0 Å². The lowest BCUT2D eigenvalue weighted by Gasteiger charge is -2.24. The number of fused-ring (bicyclic) bond motifs is 5. The van der Waals surface area contributed by atoms with Crippen molar-refractivity contribution in [2.75, 3.05) is 0 Å². The molecule has 1 aliphatic rings. The third-order valence-electron chi connectivity index (χ3n) is 7.33. The van der Waals surface area contributed by atoms with E-state index in [-0.39, 0.29) is 0 Å². The van der Waals surface area contributed by atoms with Gasteiger partial charge >= 0.3 is 0 Å². The molecule has 3 heteroatoms. The van der Waals surface area contributed by atoms with Crippen LogP contribution in [0.3, 0.4) is 0 Å². The van der Waals surface area contributed by atoms with E-state index in [1.54, 1.807) is 0 Å². The lowest BCUT2D eigenvalue weighted by Crippen LogP contribution is -2.32. The second-order valence-electron chi connectivity index (χ2n) is 10.2. The maximum absolute atomic E-state index is 7.53. The van der Waals surface area contributed by atoms with E-state index in [2.05, 4.69) is 91.1 Å². The molecule has 0 atom stereocenters. The molecule has 34 heavy (non-hydrogen) atoms. The molecule has 0 amide bonds. The van der Waals surface area contributed by atoms with Crippen LogP contribution in [0.25, 0.3) is 48.4 Å². The average Bonchev–Trinajstić information content (AvgIpc) is 2.83. The van der Waals surface area contributed by atoms with Crippen LogP contribution in [0.15, 0.2) is 60.8 Å². The van der Waals surface area contributed by atoms with E-state index in [0.717, 1.165) is 28.7 Å². The minimum absolute atomic E-state index is 0.412. The Bertz CT molecular complexity index is 1720. The molecule has 5 aromatic rings. The fourth-order valence-corrected chi connectivity index (χ4v) is 5.60. The van der Waals surface area contributed by atoms with E-state index in [0.29, 0.717) is 0 Å². The molecule has 0 saturated carbocycles. The van der Waals surface area contributed by atoms with Gasteiger partial charge in [-0.25, -0.2) is 11.1 Å². The summed E-state index contributed by atoms with van der Waals surface area (Å²) in [6.45, 7) is 15.9. The lowest BCUT2D eigenvalue weighted by molar-refractivity contribution is -0.659. The summed E-state index contributed by atoms with van der Waals surface area (Å²) in [6.07, 6.45) is 2.89. The van der Waals surface area contributed by atoms with Crippen LogP contribution in [0.2, 0.25) is 0 Å². The van der Waals surface area contributed by atoms with Gasteiger partial charge in [0.15, 0.2) is 6.20 Å². The average molecular weight is 444 g/mol. The molecular formula is C31H27N2O+. The Morgan fingerprint density at radius 3 is 2.38 bits per heavy atom. The van der Waals surface area contributed by atoms with Gasteiger partial charge in [-0.1, -0.05) is 42.5 Å². The van der Waals surface area contributed by atoms with Gasteiger partial charge in [-0.3, -0.25) is 0 Å². The van der Waals surface area contributed by atoms with Crippen LogP contribution in [-0.4, -0.2) is 5.54 Å². The second kappa shape index (κ2) is 7.05. The van der Waals surface area contributed by atoms with Gasteiger partial charge in [-0.15, -0.1) is 0 Å². The molecule has 1 aliphatic heterocycles. The summed E-state index contributed by atoms with van der Waals surface area (Å²) >= 11 is 0. The van der Waals surface area contributed by atoms with Gasteiger partial charge < -0.3 is 9.58 Å². The molecule has 1 aromatic heterocycles. The van der Waals surface area contributed by atoms with Crippen LogP contribution in [-0.2, 0) is 13.5 Å². The van der Waals surface area contributed by atoms with E-state index in [9.17, 15) is 0 Å². The first kappa shape index (κ1) is 20.7. The van der Waals surface area contributed by atoms with Crippen molar-refractivity contribution in [3.8, 4) is 22.8 Å². The van der Waals surface area contributed by atoms with Crippen molar-refractivity contribution in [3.63, 3.8) is 0 Å². The van der Waals surface area contributed by atoms with Crippen molar-refractivity contribution in [1.29, 1.82) is 0 Å². The summed E-state index contributed by atoms with van der Waals surface area (Å²) in [4.78, 5) is 3.81. The van der Waals surface area contributed by atoms with Gasteiger partial charge in [0.25, 0.3) is 0 Å². The Morgan fingerprint density at radius 1 is 0.912 bits per heavy atom. The van der Waals surface area contributed by atoms with Crippen LogP contribution >= 0.6 is 0 Å². The third kappa shape index (κ3) is 2.85. The number of ether oxygens (including phenoxy) is 1. The molecule has 0 radical (unpaired) electrons. The van der Waals surface area contributed by atoms with Crippen molar-refractivity contribution < 1.29 is 9.30 Å². The van der Waals surface area contributed by atoms with Gasteiger partial charge in [-0.05, 0) is 52.6 Å². The lowest BCUT2D eigenvalue weighted by atomic mass is 9.87. The predicted molar refractivity (Wildman–Crippen MR) is 140 cm³/mol. The van der Waals surface area contributed by atoms with Crippen molar-refractivity contribution in [1.82, 2.24) is 0 Å². The number of benzene rings is 4. The molecule has 0 saturated heterocycles. The standard InChI is InChI=1S/C31H27N2O/c1-18-22-9-7-8-10-23(22)19(2)30-27(18)29-28-24(13-14-33(29)6)25-15-20(17-31(3,4)32-5)11-12-21(25)16-26(28)34-30/h7-16H,17H2,1-4,6H3/q+1. The fourth-order valence-electron chi connectivity index (χ4n) is 5.60. The van der Waals surface area contributed by atoms with E-state index < -0.39 is 5.54 Å². The van der Waals surface area contributed by atoms with Gasteiger partial charge in [0.2, 0.25) is 11.2 Å². The maximum atomic E-state index is 7.53. The van der Waals surface area contributed by atoms with E-state index >= 15 is 0 Å². The SMILES string of the molecule is [C-]#[N+]C(C)(C)Cc1ccc2cc3c4c([n+](C)ccc4c2c1)-c1c(c(C)c2ccccc2c1C)O3. The second-order valence-corrected chi connectivity index (χ2v) is 10.2. The number of hydrogen-bond acceptors (Lipinski definition) is 1. The Morgan fingerprint density at radius 2 is 1.65 bits per heavy atom. The smallest absolute Gasteiger partial charge is 0.231 e. The summed E-state index contributed by atoms with van der Waals surface area (Å²) in [5, 5.41) is 7.23. The first-order valence-corrected chi connectivity index (χ1v) is 11.8. The summed E-state index contributed by atoms with van der Waals surface area (Å²) in [6, 6.07) is 19.6. The maximum Gasteiger partial charge on any atom is 0.231 e. The highest BCUT2D eigenvalue weighted by Gasteiger charge is 2.32. The van der Waals surface area contributed by atoms with Crippen molar-refractivity contribution in [2.24, 2.45) is 7.05 Å². The zero-order chi connectivity index (χ0) is 23.8. The van der Waals surface area contributed by atoms with E-state index in [1.807, 2.05) is 13.8 Å². The molecular weight excluding hydrogens is 416 g/mol. The molecule has 0 bridgehead atoms. The van der Waals surface area contributed by atoms with Gasteiger partial charge in [0.05, 0.1) is 17.4 Å². The number of hydrogen-bond donors (Lipinski definition) is 0. The predicted octanol–water partition coefficient (Wildman–Crippen LogP) is 7.60. The van der Waals surface area contributed by atoms with Gasteiger partial charge in [0.1, 0.15) is 18.5 Å². The van der Waals surface area contributed by atoms with Crippen molar-refractivity contribution in [3.05, 3.63) is 88.9 Å². The number of aromatic nitrogens is 1. The number of aryl methyl sites for hydroxylation is 3. The highest BCUT2D eigenvalue weighted by atomic mass is 16.5. The zero-order valence-corrected chi connectivity index (χ0v) is 20.3. The van der Waals surface area contributed by atoms with Crippen LogP contribution < -0.4 is 9.30 Å². The fraction of sp³-hybridized carbons (Fsp3) is 0.226. The minimum atomic E-state index is -0.412. The molecule has 0 unspecified atom stereocenters. The molecule has 0 aliphatic carbocycles. The monoisotopic (exact) mass is 443 g/mol. The first-order valence-electron chi connectivity index (χ1n) is 11.8. The van der Waals surface area contributed by atoms with E-state index in [4.69, 9.17) is 11.3 Å². The summed E-state index contributed by atoms with van der Waals surface area (Å²) in [5.74, 6) is 1.87. The van der Waals surface area contributed by atoms with Crippen LogP contribution in [0.5, 0.6) is 11.5 Å². The minimum Gasteiger partial charge on any atom is -0.455 e. The van der Waals surface area contributed by atoms with Gasteiger partial charge in [-0.2, -0.15) is 0 Å². The summed E-state index contributed by atoms with van der Waals surface area (Å²) in [7, 11) is 2.12. The summed E-state index contributed by atoms with van der Waals surface area (Å²) in [5.41, 5.74) is 5.59. The van der Waals surface area contributed by atoms with Gasteiger partial charge in [0, 0.05) is 30.9 Å². The Labute approximate surface area is 200 Å². The number of nitrogens with zero attached hydrogens (tertiary/aromatic N) is 2. The van der Waals surface area contributed by atoms with Crippen molar-refractivity contribution >= 4 is 32.3 Å². The highest BCUT2D eigenvalue weighted by Crippen LogP contribution is 2.51. The first-order chi connectivity index (χ1) is 16.3. The van der Waals surface area contributed by atoms with Crippen LogP contribution in [0, 0.1) is 20.4 Å². The number of rotatable bonds is 2. The zero-order valence-electron chi connectivity index (χ0n) is 20.3. The Hall–Kier alpha value is -3.90. The molecule has 0 spiro atoms. The molecule has 0 N–H and O–H groups in total.